The Morgan fingerprint density at radius 3 is 2.54 bits per heavy atom. The fourth-order valence-corrected chi connectivity index (χ4v) is 4.33. The van der Waals surface area contributed by atoms with Gasteiger partial charge in [0.05, 0.1) is 13.1 Å². The van der Waals surface area contributed by atoms with Crippen LogP contribution in [0.25, 0.3) is 0 Å². The third-order valence-corrected chi connectivity index (χ3v) is 5.83. The van der Waals surface area contributed by atoms with E-state index < -0.39 is 0 Å². The van der Waals surface area contributed by atoms with E-state index in [4.69, 9.17) is 0 Å². The maximum absolute atomic E-state index is 12.7. The molecule has 0 bridgehead atoms. The number of rotatable bonds is 5. The molecule has 9 nitrogen and oxygen atoms in total. The van der Waals surface area contributed by atoms with Crippen molar-refractivity contribution in [3.05, 3.63) is 5.82 Å². The van der Waals surface area contributed by atoms with Crippen LogP contribution in [0, 0.1) is 0 Å². The summed E-state index contributed by atoms with van der Waals surface area (Å²) in [6.45, 7) is 4.31. The summed E-state index contributed by atoms with van der Waals surface area (Å²) >= 11 is 0. The van der Waals surface area contributed by atoms with E-state index in [2.05, 4.69) is 20.4 Å². The minimum Gasteiger partial charge on any atom is -0.336 e. The molecule has 0 spiro atoms. The number of likely N-dealkylation sites (tertiary alicyclic amines) is 1. The molecule has 2 amide bonds. The number of hydrogen-bond acceptors (Lipinski definition) is 6. The molecule has 3 aliphatic rings. The molecule has 3 fully saturated rings. The normalized spacial score (nSPS) is 22.5. The molecular formula is C17H27N7O2. The molecule has 2 saturated heterocycles. The monoisotopic (exact) mass is 361 g/mol. The molecule has 0 atom stereocenters. The third-order valence-electron chi connectivity index (χ3n) is 5.83. The Balaban J connectivity index is 1.33. The lowest BCUT2D eigenvalue weighted by Gasteiger charge is -2.37. The summed E-state index contributed by atoms with van der Waals surface area (Å²) in [5.41, 5.74) is 0. The minimum atomic E-state index is -0.0839. The highest BCUT2D eigenvalue weighted by Gasteiger charge is 2.33. The molecule has 0 radical (unpaired) electrons. The van der Waals surface area contributed by atoms with Crippen LogP contribution in [0.5, 0.6) is 0 Å². The fraction of sp³-hybridized carbons (Fsp3) is 0.824. The smallest absolute Gasteiger partial charge is 0.244 e. The Hall–Kier alpha value is -2.03. The average molecular weight is 361 g/mol. The van der Waals surface area contributed by atoms with E-state index in [9.17, 15) is 9.59 Å². The lowest BCUT2D eigenvalue weighted by molar-refractivity contribution is -0.147. The van der Waals surface area contributed by atoms with Crippen molar-refractivity contribution in [1.29, 1.82) is 0 Å². The maximum atomic E-state index is 12.7. The van der Waals surface area contributed by atoms with E-state index >= 15 is 0 Å². The van der Waals surface area contributed by atoms with Crippen molar-refractivity contribution in [2.75, 3.05) is 32.7 Å². The molecule has 0 unspecified atom stereocenters. The Morgan fingerprint density at radius 2 is 1.81 bits per heavy atom. The predicted octanol–water partition coefficient (Wildman–Crippen LogP) is -0.118. The molecule has 2 aliphatic heterocycles. The van der Waals surface area contributed by atoms with E-state index in [1.165, 1.54) is 25.7 Å². The van der Waals surface area contributed by atoms with Crippen molar-refractivity contribution in [3.8, 4) is 0 Å². The second kappa shape index (κ2) is 7.69. The number of hydrogen-bond donors (Lipinski definition) is 0. The van der Waals surface area contributed by atoms with Crippen molar-refractivity contribution in [3.63, 3.8) is 0 Å². The van der Waals surface area contributed by atoms with Crippen molar-refractivity contribution < 1.29 is 9.59 Å². The molecule has 3 heterocycles. The van der Waals surface area contributed by atoms with E-state index in [-0.39, 0.29) is 24.9 Å². The number of aromatic nitrogens is 4. The van der Waals surface area contributed by atoms with Crippen LogP contribution in [0.3, 0.4) is 0 Å². The van der Waals surface area contributed by atoms with Crippen LogP contribution in [-0.4, -0.2) is 85.5 Å². The molecule has 26 heavy (non-hydrogen) atoms. The molecule has 1 aliphatic carbocycles. The fourth-order valence-electron chi connectivity index (χ4n) is 4.33. The first kappa shape index (κ1) is 17.4. The lowest BCUT2D eigenvalue weighted by Crippen LogP contribution is -2.55. The molecule has 0 N–H and O–H groups in total. The highest BCUT2D eigenvalue weighted by atomic mass is 16.2. The Bertz CT molecular complexity index is 649. The second-order valence-corrected chi connectivity index (χ2v) is 7.58. The van der Waals surface area contributed by atoms with Crippen molar-refractivity contribution in [1.82, 2.24) is 34.9 Å². The number of nitrogens with zero attached hydrogens (tertiary/aromatic N) is 7. The van der Waals surface area contributed by atoms with Gasteiger partial charge in [0.25, 0.3) is 0 Å². The van der Waals surface area contributed by atoms with Gasteiger partial charge < -0.3 is 9.80 Å². The van der Waals surface area contributed by atoms with Crippen LogP contribution < -0.4 is 0 Å². The number of carbonyl (C=O) groups excluding carboxylic acids is 2. The van der Waals surface area contributed by atoms with Gasteiger partial charge in [-0.3, -0.25) is 14.5 Å². The SMILES string of the molecule is O=C(Cn1nnnc1CN1CCCC1)N1CCN(C2CCCC2)C(=O)C1. The predicted molar refractivity (Wildman–Crippen MR) is 92.9 cm³/mol. The van der Waals surface area contributed by atoms with Gasteiger partial charge >= 0.3 is 0 Å². The standard InChI is InChI=1S/C17H27N7O2/c25-16(13-24-15(18-19-20-24)11-21-7-3-4-8-21)22-9-10-23(17(26)12-22)14-5-1-2-6-14/h14H,1-13H2. The molecule has 9 heteroatoms. The minimum absolute atomic E-state index is 0.0745. The first-order valence-electron chi connectivity index (χ1n) is 9.75. The van der Waals surface area contributed by atoms with Gasteiger partial charge in [-0.1, -0.05) is 12.8 Å². The van der Waals surface area contributed by atoms with E-state index in [0.717, 1.165) is 31.8 Å². The largest absolute Gasteiger partial charge is 0.336 e. The van der Waals surface area contributed by atoms with Crippen molar-refractivity contribution in [2.45, 2.75) is 57.7 Å². The van der Waals surface area contributed by atoms with Gasteiger partial charge in [0, 0.05) is 19.1 Å². The van der Waals surface area contributed by atoms with Crippen LogP contribution in [0.15, 0.2) is 0 Å². The zero-order valence-corrected chi connectivity index (χ0v) is 15.2. The van der Waals surface area contributed by atoms with E-state index in [0.29, 0.717) is 25.7 Å². The zero-order valence-electron chi connectivity index (χ0n) is 15.2. The number of piperazine rings is 1. The summed E-state index contributed by atoms with van der Waals surface area (Å²) in [6, 6.07) is 0.381. The van der Waals surface area contributed by atoms with Crippen LogP contribution in [0.4, 0.5) is 0 Å². The van der Waals surface area contributed by atoms with E-state index in [1.807, 2.05) is 4.90 Å². The average Bonchev–Trinajstić information content (AvgIpc) is 3.39. The summed E-state index contributed by atoms with van der Waals surface area (Å²) in [5, 5.41) is 11.8. The van der Waals surface area contributed by atoms with Crippen LogP contribution in [0.2, 0.25) is 0 Å². The third kappa shape index (κ3) is 3.72. The van der Waals surface area contributed by atoms with Gasteiger partial charge in [-0.25, -0.2) is 4.68 Å². The van der Waals surface area contributed by atoms with Gasteiger partial charge in [-0.05, 0) is 49.2 Å². The molecule has 4 rings (SSSR count). The summed E-state index contributed by atoms with van der Waals surface area (Å²) < 4.78 is 1.58. The summed E-state index contributed by atoms with van der Waals surface area (Å²) in [4.78, 5) is 31.1. The Morgan fingerprint density at radius 1 is 1.04 bits per heavy atom. The van der Waals surface area contributed by atoms with Gasteiger partial charge in [0.2, 0.25) is 11.8 Å². The first-order chi connectivity index (χ1) is 12.7. The number of amides is 2. The molecule has 0 aromatic carbocycles. The Kier molecular flexibility index (Phi) is 5.14. The number of carbonyl (C=O) groups is 2. The summed E-state index contributed by atoms with van der Waals surface area (Å²) in [7, 11) is 0. The molecule has 1 aromatic heterocycles. The lowest BCUT2D eigenvalue weighted by atomic mass is 10.1. The van der Waals surface area contributed by atoms with Crippen molar-refractivity contribution >= 4 is 11.8 Å². The molecule has 1 saturated carbocycles. The highest BCUT2D eigenvalue weighted by Crippen LogP contribution is 2.24. The summed E-state index contributed by atoms with van der Waals surface area (Å²) in [5.74, 6) is 0.709. The van der Waals surface area contributed by atoms with Gasteiger partial charge in [0.1, 0.15) is 6.54 Å². The van der Waals surface area contributed by atoms with Gasteiger partial charge in [-0.2, -0.15) is 0 Å². The van der Waals surface area contributed by atoms with Crippen molar-refractivity contribution in [2.24, 2.45) is 0 Å². The molecule has 1 aromatic rings. The molecule has 142 valence electrons. The zero-order chi connectivity index (χ0) is 17.9. The van der Waals surface area contributed by atoms with Crippen LogP contribution in [0.1, 0.15) is 44.3 Å². The summed E-state index contributed by atoms with van der Waals surface area (Å²) in [6.07, 6.45) is 7.02. The quantitative estimate of drug-likeness (QED) is 0.727. The number of tetrazole rings is 1. The second-order valence-electron chi connectivity index (χ2n) is 7.58. The highest BCUT2D eigenvalue weighted by molar-refractivity contribution is 5.86. The maximum Gasteiger partial charge on any atom is 0.244 e. The van der Waals surface area contributed by atoms with E-state index in [1.54, 1.807) is 9.58 Å². The van der Waals surface area contributed by atoms with Gasteiger partial charge in [-0.15, -0.1) is 5.10 Å². The first-order valence-corrected chi connectivity index (χ1v) is 9.75. The molecular weight excluding hydrogens is 334 g/mol. The Labute approximate surface area is 153 Å². The van der Waals surface area contributed by atoms with Gasteiger partial charge in [0.15, 0.2) is 5.82 Å². The topological polar surface area (TPSA) is 87.5 Å². The van der Waals surface area contributed by atoms with Crippen LogP contribution >= 0.6 is 0 Å². The van der Waals surface area contributed by atoms with Crippen LogP contribution in [-0.2, 0) is 22.7 Å².